The molecule has 0 saturated heterocycles. The Labute approximate surface area is 177 Å². The maximum atomic E-state index is 12.9. The van der Waals surface area contributed by atoms with Crippen molar-refractivity contribution in [3.05, 3.63) is 42.5 Å². The molecule has 2 aromatic rings. The Kier molecular flexibility index (Phi) is 7.55. The van der Waals surface area contributed by atoms with E-state index in [1.807, 2.05) is 13.8 Å². The van der Waals surface area contributed by atoms with Crippen molar-refractivity contribution in [3.63, 3.8) is 0 Å². The van der Waals surface area contributed by atoms with Gasteiger partial charge in [-0.25, -0.2) is 8.42 Å². The minimum Gasteiger partial charge on any atom is -0.493 e. The van der Waals surface area contributed by atoms with Crippen molar-refractivity contribution >= 4 is 27.3 Å². The quantitative estimate of drug-likeness (QED) is 0.648. The van der Waals surface area contributed by atoms with E-state index in [1.54, 1.807) is 36.4 Å². The van der Waals surface area contributed by atoms with Gasteiger partial charge in [-0.15, -0.1) is 0 Å². The van der Waals surface area contributed by atoms with Gasteiger partial charge in [-0.05, 0) is 45.0 Å². The molecule has 0 bridgehead atoms. The molecular weight excluding hydrogens is 408 g/mol. The number of benzene rings is 2. The first-order valence-electron chi connectivity index (χ1n) is 9.35. The van der Waals surface area contributed by atoms with Gasteiger partial charge in [0, 0.05) is 17.8 Å². The third kappa shape index (κ3) is 5.79. The van der Waals surface area contributed by atoms with Crippen molar-refractivity contribution in [2.75, 3.05) is 30.1 Å². The molecule has 0 aliphatic carbocycles. The topological polar surface area (TPSA) is 94.2 Å². The average molecular weight is 437 g/mol. The van der Waals surface area contributed by atoms with Gasteiger partial charge in [0.1, 0.15) is 11.8 Å². The van der Waals surface area contributed by atoms with Gasteiger partial charge < -0.3 is 19.5 Å². The van der Waals surface area contributed by atoms with Gasteiger partial charge >= 0.3 is 0 Å². The number of carbonyl (C=O) groups excluding carboxylic acids is 1. The number of hydrogen-bond donors (Lipinski definition) is 1. The van der Waals surface area contributed by atoms with Crippen LogP contribution in [0.25, 0.3) is 0 Å². The van der Waals surface area contributed by atoms with Crippen LogP contribution < -0.4 is 23.8 Å². The first-order chi connectivity index (χ1) is 14.1. The summed E-state index contributed by atoms with van der Waals surface area (Å²) in [6.45, 7) is 5.32. The minimum atomic E-state index is -3.77. The van der Waals surface area contributed by atoms with Crippen molar-refractivity contribution < 1.29 is 27.4 Å². The number of nitrogens with zero attached hydrogens (tertiary/aromatic N) is 1. The Morgan fingerprint density at radius 1 is 1.00 bits per heavy atom. The number of sulfonamides is 1. The predicted molar refractivity (Wildman–Crippen MR) is 117 cm³/mol. The lowest BCUT2D eigenvalue weighted by molar-refractivity contribution is -0.116. The highest BCUT2D eigenvalue weighted by molar-refractivity contribution is 7.92. The molecule has 0 saturated carbocycles. The Morgan fingerprint density at radius 2 is 1.67 bits per heavy atom. The molecule has 30 heavy (non-hydrogen) atoms. The Hall–Kier alpha value is -2.94. The largest absolute Gasteiger partial charge is 0.493 e. The molecule has 8 nitrogen and oxygen atoms in total. The smallest absolute Gasteiger partial charge is 0.247 e. The average Bonchev–Trinajstić information content (AvgIpc) is 2.66. The normalized spacial score (nSPS) is 12.2. The number of amides is 1. The zero-order valence-corrected chi connectivity index (χ0v) is 18.8. The number of hydrogen-bond acceptors (Lipinski definition) is 6. The number of methoxy groups -OCH3 is 2. The van der Waals surface area contributed by atoms with Gasteiger partial charge in [-0.3, -0.25) is 9.10 Å². The van der Waals surface area contributed by atoms with Crippen molar-refractivity contribution in [1.29, 1.82) is 0 Å². The second-order valence-electron chi connectivity index (χ2n) is 6.96. The van der Waals surface area contributed by atoms with Crippen molar-refractivity contribution in [1.82, 2.24) is 0 Å². The van der Waals surface area contributed by atoms with E-state index in [0.717, 1.165) is 10.6 Å². The lowest BCUT2D eigenvalue weighted by Crippen LogP contribution is -2.45. The van der Waals surface area contributed by atoms with E-state index in [-0.39, 0.29) is 11.8 Å². The fourth-order valence-electron chi connectivity index (χ4n) is 2.94. The summed E-state index contributed by atoms with van der Waals surface area (Å²) in [6, 6.07) is 10.6. The molecule has 0 aliphatic rings. The first kappa shape index (κ1) is 23.3. The number of carbonyl (C=O) groups is 1. The third-order valence-corrected chi connectivity index (χ3v) is 5.43. The fraction of sp³-hybridized carbons (Fsp3) is 0.381. The number of anilines is 2. The fourth-order valence-corrected chi connectivity index (χ4v) is 4.10. The molecule has 164 valence electrons. The third-order valence-electron chi connectivity index (χ3n) is 4.18. The molecular formula is C21H28N2O6S. The van der Waals surface area contributed by atoms with Crippen LogP contribution in [0.1, 0.15) is 20.8 Å². The molecule has 0 heterocycles. The Balaban J connectivity index is 2.32. The summed E-state index contributed by atoms with van der Waals surface area (Å²) < 4.78 is 42.2. The lowest BCUT2D eigenvalue weighted by atomic mass is 10.2. The van der Waals surface area contributed by atoms with Crippen molar-refractivity contribution in [3.8, 4) is 17.2 Å². The summed E-state index contributed by atoms with van der Waals surface area (Å²) in [6.07, 6.45) is 1.03. The summed E-state index contributed by atoms with van der Waals surface area (Å²) in [5.74, 6) is 0.927. The number of rotatable bonds is 9. The zero-order valence-electron chi connectivity index (χ0n) is 18.0. The van der Waals surface area contributed by atoms with Gasteiger partial charge in [0.15, 0.2) is 11.5 Å². The summed E-state index contributed by atoms with van der Waals surface area (Å²) in [5.41, 5.74) is 0.792. The molecule has 0 fully saturated rings. The van der Waals surface area contributed by atoms with Gasteiger partial charge in [0.05, 0.1) is 32.3 Å². The van der Waals surface area contributed by atoms with E-state index >= 15 is 0 Å². The summed E-state index contributed by atoms with van der Waals surface area (Å²) >= 11 is 0. The SMILES string of the molecule is COc1ccc(N(C(C)C(=O)Nc2cccc(OC(C)C)c2)S(C)(=O)=O)cc1OC. The highest BCUT2D eigenvalue weighted by atomic mass is 32.2. The summed E-state index contributed by atoms with van der Waals surface area (Å²) in [4.78, 5) is 12.9. The zero-order chi connectivity index (χ0) is 22.5. The second-order valence-corrected chi connectivity index (χ2v) is 8.82. The van der Waals surface area contributed by atoms with Gasteiger partial charge in [-0.2, -0.15) is 0 Å². The molecule has 1 amide bonds. The molecule has 2 aromatic carbocycles. The number of nitrogens with one attached hydrogen (secondary N) is 1. The molecule has 1 unspecified atom stereocenters. The minimum absolute atomic E-state index is 0.0133. The van der Waals surface area contributed by atoms with Gasteiger partial charge in [0.25, 0.3) is 0 Å². The van der Waals surface area contributed by atoms with E-state index in [0.29, 0.717) is 22.9 Å². The van der Waals surface area contributed by atoms with Crippen LogP contribution in [0.5, 0.6) is 17.2 Å². The highest BCUT2D eigenvalue weighted by Crippen LogP contribution is 2.33. The maximum absolute atomic E-state index is 12.9. The maximum Gasteiger partial charge on any atom is 0.247 e. The summed E-state index contributed by atoms with van der Waals surface area (Å²) in [7, 11) is -0.833. The standard InChI is InChI=1S/C21H28N2O6S/c1-14(2)29-18-9-7-8-16(12-18)22-21(24)15(3)23(30(6,25)26)17-10-11-19(27-4)20(13-17)28-5/h7-15H,1-6H3,(H,22,24). The second kappa shape index (κ2) is 9.71. The molecule has 1 N–H and O–H groups in total. The van der Waals surface area contributed by atoms with Crippen LogP contribution in [0.15, 0.2) is 42.5 Å². The Morgan fingerprint density at radius 3 is 2.23 bits per heavy atom. The molecule has 9 heteroatoms. The molecule has 1 atom stereocenters. The highest BCUT2D eigenvalue weighted by Gasteiger charge is 2.30. The van der Waals surface area contributed by atoms with Crippen LogP contribution in [-0.2, 0) is 14.8 Å². The molecule has 0 aromatic heterocycles. The van der Waals surface area contributed by atoms with Crippen molar-refractivity contribution in [2.24, 2.45) is 0 Å². The van der Waals surface area contributed by atoms with Crippen LogP contribution in [0.4, 0.5) is 11.4 Å². The van der Waals surface area contributed by atoms with E-state index < -0.39 is 22.0 Å². The molecule has 0 radical (unpaired) electrons. The van der Waals surface area contributed by atoms with Gasteiger partial charge in [0.2, 0.25) is 15.9 Å². The van der Waals surface area contributed by atoms with Crippen LogP contribution in [0.2, 0.25) is 0 Å². The van der Waals surface area contributed by atoms with Crippen LogP contribution in [0, 0.1) is 0 Å². The van der Waals surface area contributed by atoms with Crippen LogP contribution >= 0.6 is 0 Å². The molecule has 2 rings (SSSR count). The Bertz CT molecular complexity index is 991. The monoisotopic (exact) mass is 436 g/mol. The lowest BCUT2D eigenvalue weighted by Gasteiger charge is -2.28. The van der Waals surface area contributed by atoms with Crippen LogP contribution in [-0.4, -0.2) is 46.9 Å². The van der Waals surface area contributed by atoms with E-state index in [9.17, 15) is 13.2 Å². The molecule has 0 aliphatic heterocycles. The van der Waals surface area contributed by atoms with Crippen LogP contribution in [0.3, 0.4) is 0 Å². The molecule has 0 spiro atoms. The van der Waals surface area contributed by atoms with Gasteiger partial charge in [-0.1, -0.05) is 6.07 Å². The van der Waals surface area contributed by atoms with E-state index in [1.165, 1.54) is 27.2 Å². The first-order valence-corrected chi connectivity index (χ1v) is 11.2. The predicted octanol–water partition coefficient (Wildman–Crippen LogP) is 3.28. The summed E-state index contributed by atoms with van der Waals surface area (Å²) in [5, 5.41) is 2.75. The van der Waals surface area contributed by atoms with E-state index in [4.69, 9.17) is 14.2 Å². The van der Waals surface area contributed by atoms with E-state index in [2.05, 4.69) is 5.32 Å². The van der Waals surface area contributed by atoms with Crippen molar-refractivity contribution in [2.45, 2.75) is 32.9 Å². The number of ether oxygens (including phenoxy) is 3.